The van der Waals surface area contributed by atoms with Crippen LogP contribution in [0, 0.1) is 17.0 Å². The number of carbonyl (C=O) groups excluding carboxylic acids is 1. The molecule has 35 heavy (non-hydrogen) atoms. The van der Waals surface area contributed by atoms with E-state index in [9.17, 15) is 14.9 Å². The molecule has 0 unspecified atom stereocenters. The van der Waals surface area contributed by atoms with E-state index in [-0.39, 0.29) is 28.2 Å². The van der Waals surface area contributed by atoms with E-state index in [0.29, 0.717) is 22.2 Å². The zero-order valence-electron chi connectivity index (χ0n) is 18.3. The number of hydrogen-bond acceptors (Lipinski definition) is 9. The normalized spacial score (nSPS) is 11.4. The second-order valence-electron chi connectivity index (χ2n) is 7.22. The summed E-state index contributed by atoms with van der Waals surface area (Å²) in [6.45, 7) is 1.90. The van der Waals surface area contributed by atoms with Crippen LogP contribution in [0.3, 0.4) is 0 Å². The van der Waals surface area contributed by atoms with Crippen molar-refractivity contribution >= 4 is 39.9 Å². The molecule has 12 heteroatoms. The highest BCUT2D eigenvalue weighted by molar-refractivity contribution is 8.08. The lowest BCUT2D eigenvalue weighted by atomic mass is 10.1. The van der Waals surface area contributed by atoms with E-state index in [0.717, 1.165) is 17.3 Å². The fourth-order valence-corrected chi connectivity index (χ4v) is 3.96. The Morgan fingerprint density at radius 3 is 2.63 bits per heavy atom. The van der Waals surface area contributed by atoms with Gasteiger partial charge in [0.1, 0.15) is 23.0 Å². The van der Waals surface area contributed by atoms with Crippen LogP contribution >= 0.6 is 23.4 Å². The number of nitro groups is 1. The van der Waals surface area contributed by atoms with E-state index in [1.54, 1.807) is 36.4 Å². The first-order valence-electron chi connectivity index (χ1n) is 10.1. The van der Waals surface area contributed by atoms with Gasteiger partial charge in [-0.1, -0.05) is 53.6 Å². The molecular weight excluding hydrogens is 494 g/mol. The molecule has 0 fully saturated rings. The van der Waals surface area contributed by atoms with Crippen LogP contribution < -0.4 is 10.6 Å². The van der Waals surface area contributed by atoms with Gasteiger partial charge < -0.3 is 15.0 Å². The molecule has 2 aromatic heterocycles. The van der Waals surface area contributed by atoms with E-state index in [1.165, 1.54) is 22.9 Å². The van der Waals surface area contributed by atoms with E-state index in [4.69, 9.17) is 26.6 Å². The Kier molecular flexibility index (Phi) is 7.18. The lowest BCUT2D eigenvalue weighted by Crippen LogP contribution is -2.15. The summed E-state index contributed by atoms with van der Waals surface area (Å²) in [4.78, 5) is 23.6. The number of aromatic nitrogens is 3. The zero-order chi connectivity index (χ0) is 24.9. The Morgan fingerprint density at radius 2 is 1.94 bits per heavy atom. The number of nitrogens with two attached hydrogens (primary N) is 1. The lowest BCUT2D eigenvalue weighted by molar-refractivity contribution is -0.402. The number of nitrogens with zero attached hydrogens (tertiary/aromatic N) is 4. The summed E-state index contributed by atoms with van der Waals surface area (Å²) in [5.41, 5.74) is 1.45. The van der Waals surface area contributed by atoms with E-state index in [1.807, 2.05) is 19.1 Å². The minimum atomic E-state index is -0.664. The van der Waals surface area contributed by atoms with Crippen LogP contribution in [0.2, 0.25) is 5.02 Å². The van der Waals surface area contributed by atoms with Gasteiger partial charge in [-0.25, -0.2) is 4.68 Å². The van der Waals surface area contributed by atoms with Gasteiger partial charge in [-0.2, -0.15) is 0 Å². The first-order chi connectivity index (χ1) is 16.8. The SMILES string of the molecule is Cc1ccc(C(=O)/C=C(/Sc2nnc(COc3ccccc3Cl)n2N)c2ccc([N+](=O)[O-])o2)cc1. The van der Waals surface area contributed by atoms with Crippen molar-refractivity contribution in [3.05, 3.63) is 105 Å². The Balaban J connectivity index is 1.60. The topological polar surface area (TPSA) is 139 Å². The molecule has 4 rings (SSSR count). The van der Waals surface area contributed by atoms with E-state index in [2.05, 4.69) is 10.2 Å². The number of halogens is 1. The summed E-state index contributed by atoms with van der Waals surface area (Å²) in [5.74, 6) is 6.23. The summed E-state index contributed by atoms with van der Waals surface area (Å²) in [6, 6.07) is 16.6. The van der Waals surface area contributed by atoms with Crippen LogP contribution in [0.1, 0.15) is 27.5 Å². The van der Waals surface area contributed by atoms with Crippen molar-refractivity contribution in [3.8, 4) is 5.75 Å². The number of aryl methyl sites for hydroxylation is 1. The van der Waals surface area contributed by atoms with Gasteiger partial charge in [0.25, 0.3) is 0 Å². The molecule has 0 amide bonds. The highest BCUT2D eigenvalue weighted by Gasteiger charge is 2.21. The highest BCUT2D eigenvalue weighted by Crippen LogP contribution is 2.36. The third kappa shape index (κ3) is 5.70. The molecule has 4 aromatic rings. The Hall–Kier alpha value is -4.09. The largest absolute Gasteiger partial charge is 0.484 e. The van der Waals surface area contributed by atoms with Gasteiger partial charge in [-0.3, -0.25) is 14.9 Å². The molecule has 0 bridgehead atoms. The van der Waals surface area contributed by atoms with Gasteiger partial charge in [0.05, 0.1) is 16.0 Å². The van der Waals surface area contributed by atoms with Crippen molar-refractivity contribution in [2.75, 3.05) is 5.84 Å². The van der Waals surface area contributed by atoms with Crippen molar-refractivity contribution in [1.29, 1.82) is 0 Å². The second kappa shape index (κ2) is 10.5. The average Bonchev–Trinajstić information content (AvgIpc) is 3.46. The van der Waals surface area contributed by atoms with Crippen LogP contribution in [0.5, 0.6) is 5.75 Å². The fraction of sp³-hybridized carbons (Fsp3) is 0.0870. The number of allylic oxidation sites excluding steroid dienone is 1. The summed E-state index contributed by atoms with van der Waals surface area (Å²) >= 11 is 7.07. The molecule has 0 aliphatic carbocycles. The quantitative estimate of drug-likeness (QED) is 0.0815. The number of hydrogen-bond donors (Lipinski definition) is 1. The monoisotopic (exact) mass is 511 g/mol. The molecule has 0 saturated carbocycles. The summed E-state index contributed by atoms with van der Waals surface area (Å²) in [5, 5.41) is 19.8. The molecule has 0 atom stereocenters. The molecule has 10 nitrogen and oxygen atoms in total. The third-order valence-electron chi connectivity index (χ3n) is 4.74. The molecule has 2 heterocycles. The van der Waals surface area contributed by atoms with Gasteiger partial charge in [0, 0.05) is 11.6 Å². The standard InChI is InChI=1S/C23H18ClN5O5S/c1-14-6-8-15(9-7-14)17(30)12-20(19-10-11-22(34-19)29(31)32)35-23-27-26-21(28(23)25)13-33-18-5-3-2-4-16(18)24/h2-12H,13,25H2,1H3/b20-12+. The number of nitrogen functional groups attached to an aromatic ring is 1. The number of ether oxygens (including phenoxy) is 1. The number of ketones is 1. The van der Waals surface area contributed by atoms with Gasteiger partial charge in [0.2, 0.25) is 5.16 Å². The minimum absolute atomic E-state index is 0.0125. The first-order valence-corrected chi connectivity index (χ1v) is 11.3. The first kappa shape index (κ1) is 24.0. The minimum Gasteiger partial charge on any atom is -0.484 e. The second-order valence-corrected chi connectivity index (χ2v) is 8.64. The molecule has 0 saturated heterocycles. The number of rotatable bonds is 9. The summed E-state index contributed by atoms with van der Waals surface area (Å²) < 4.78 is 12.2. The smallest absolute Gasteiger partial charge is 0.433 e. The number of benzene rings is 2. The summed E-state index contributed by atoms with van der Waals surface area (Å²) in [6.07, 6.45) is 1.31. The molecule has 178 valence electrons. The lowest BCUT2D eigenvalue weighted by Gasteiger charge is -2.08. The number of furan rings is 1. The summed E-state index contributed by atoms with van der Waals surface area (Å²) in [7, 11) is 0. The van der Waals surface area contributed by atoms with Crippen molar-refractivity contribution in [1.82, 2.24) is 14.9 Å². The molecule has 0 aliphatic rings. The Morgan fingerprint density at radius 1 is 1.20 bits per heavy atom. The third-order valence-corrected chi connectivity index (χ3v) is 6.05. The van der Waals surface area contributed by atoms with Crippen molar-refractivity contribution < 1.29 is 18.9 Å². The maximum atomic E-state index is 12.9. The maximum Gasteiger partial charge on any atom is 0.433 e. The molecule has 0 spiro atoms. The van der Waals surface area contributed by atoms with E-state index < -0.39 is 10.8 Å². The molecule has 2 aromatic carbocycles. The van der Waals surface area contributed by atoms with Gasteiger partial charge >= 0.3 is 5.88 Å². The van der Waals surface area contributed by atoms with Gasteiger partial charge in [-0.15, -0.1) is 10.2 Å². The number of carbonyl (C=O) groups is 1. The van der Waals surface area contributed by atoms with Crippen LogP contribution in [-0.4, -0.2) is 25.6 Å². The Bertz CT molecular complexity index is 1410. The Labute approximate surface area is 208 Å². The maximum absolute atomic E-state index is 12.9. The molecule has 0 radical (unpaired) electrons. The molecular formula is C23H18ClN5O5S. The van der Waals surface area contributed by atoms with Crippen LogP contribution in [0.15, 0.2) is 76.3 Å². The van der Waals surface area contributed by atoms with Gasteiger partial charge in [0.15, 0.2) is 11.6 Å². The van der Waals surface area contributed by atoms with Crippen molar-refractivity contribution in [3.63, 3.8) is 0 Å². The average molecular weight is 512 g/mol. The number of thioether (sulfide) groups is 1. The van der Waals surface area contributed by atoms with E-state index >= 15 is 0 Å². The fourth-order valence-electron chi connectivity index (χ4n) is 2.91. The van der Waals surface area contributed by atoms with Crippen molar-refractivity contribution in [2.24, 2.45) is 0 Å². The van der Waals surface area contributed by atoms with Crippen LogP contribution in [0.25, 0.3) is 4.91 Å². The van der Waals surface area contributed by atoms with Crippen LogP contribution in [-0.2, 0) is 6.61 Å². The number of para-hydroxylation sites is 1. The molecule has 0 aliphatic heterocycles. The highest BCUT2D eigenvalue weighted by atomic mass is 35.5. The predicted octanol–water partition coefficient (Wildman–Crippen LogP) is 5.05. The van der Waals surface area contributed by atoms with Crippen molar-refractivity contribution in [2.45, 2.75) is 18.7 Å². The van der Waals surface area contributed by atoms with Gasteiger partial charge in [-0.05, 0) is 36.9 Å². The molecule has 2 N–H and O–H groups in total. The zero-order valence-corrected chi connectivity index (χ0v) is 19.8. The predicted molar refractivity (Wildman–Crippen MR) is 131 cm³/mol. The van der Waals surface area contributed by atoms with Crippen LogP contribution in [0.4, 0.5) is 5.88 Å².